The number of aliphatic hydroxyl groups excluding tert-OH is 1. The average Bonchev–Trinajstić information content (AvgIpc) is 2.12. The van der Waals surface area contributed by atoms with E-state index in [1.54, 1.807) is 0 Å². The summed E-state index contributed by atoms with van der Waals surface area (Å²) in [5.41, 5.74) is 0.0718. The number of rotatable bonds is 3. The maximum absolute atomic E-state index is 9.51. The summed E-state index contributed by atoms with van der Waals surface area (Å²) < 4.78 is 5.88. The van der Waals surface area contributed by atoms with Gasteiger partial charge in [-0.05, 0) is 32.1 Å². The van der Waals surface area contributed by atoms with Gasteiger partial charge in [0.25, 0.3) is 0 Å². The second-order valence-corrected chi connectivity index (χ2v) is 5.05. The highest BCUT2D eigenvalue weighted by atomic mass is 16.5. The molecule has 1 saturated carbocycles. The molecule has 0 aromatic rings. The Morgan fingerprint density at radius 2 is 2.21 bits per heavy atom. The van der Waals surface area contributed by atoms with E-state index in [0.29, 0.717) is 5.92 Å². The van der Waals surface area contributed by atoms with Gasteiger partial charge in [-0.1, -0.05) is 6.42 Å². The van der Waals surface area contributed by atoms with Crippen LogP contribution in [0.4, 0.5) is 0 Å². The molecule has 0 radical (unpaired) electrons. The van der Waals surface area contributed by atoms with Gasteiger partial charge in [0.05, 0.1) is 18.3 Å². The van der Waals surface area contributed by atoms with Crippen molar-refractivity contribution >= 4 is 0 Å². The quantitative estimate of drug-likeness (QED) is 0.710. The first-order valence-electron chi connectivity index (χ1n) is 5.71. The summed E-state index contributed by atoms with van der Waals surface area (Å²) in [5.74, 6) is 0.580. The van der Waals surface area contributed by atoms with E-state index in [1.165, 1.54) is 6.42 Å². The van der Waals surface area contributed by atoms with Crippen molar-refractivity contribution in [2.75, 3.05) is 19.7 Å². The highest BCUT2D eigenvalue weighted by Gasteiger charge is 2.33. The van der Waals surface area contributed by atoms with Gasteiger partial charge in [0.2, 0.25) is 0 Å². The standard InChI is InChI=1S/C11H21NO2/c1-11(7-12-8-11)14-6-9-3-2-4-10(13)5-9/h9-10,12-13H,2-8H2,1H3. The highest BCUT2D eigenvalue weighted by molar-refractivity contribution is 4.90. The molecule has 1 heterocycles. The van der Waals surface area contributed by atoms with Crippen LogP contribution in [-0.2, 0) is 4.74 Å². The summed E-state index contributed by atoms with van der Waals surface area (Å²) in [4.78, 5) is 0. The fraction of sp³-hybridized carbons (Fsp3) is 1.00. The molecule has 2 fully saturated rings. The third-order valence-electron chi connectivity index (χ3n) is 3.42. The van der Waals surface area contributed by atoms with Crippen LogP contribution in [0.1, 0.15) is 32.6 Å². The summed E-state index contributed by atoms with van der Waals surface area (Å²) in [6.45, 7) is 4.93. The zero-order valence-electron chi connectivity index (χ0n) is 8.96. The molecule has 2 atom stereocenters. The molecule has 1 saturated heterocycles. The summed E-state index contributed by atoms with van der Waals surface area (Å²) in [7, 11) is 0. The molecule has 1 aliphatic heterocycles. The Hall–Kier alpha value is -0.120. The Morgan fingerprint density at radius 3 is 2.79 bits per heavy atom. The van der Waals surface area contributed by atoms with Crippen molar-refractivity contribution in [3.05, 3.63) is 0 Å². The minimum atomic E-state index is -0.0790. The molecule has 0 amide bonds. The first-order chi connectivity index (χ1) is 6.68. The lowest BCUT2D eigenvalue weighted by Crippen LogP contribution is -2.59. The van der Waals surface area contributed by atoms with Gasteiger partial charge in [0.1, 0.15) is 0 Å². The minimum Gasteiger partial charge on any atom is -0.393 e. The fourth-order valence-corrected chi connectivity index (χ4v) is 2.31. The molecule has 0 aromatic heterocycles. The van der Waals surface area contributed by atoms with E-state index in [4.69, 9.17) is 4.74 Å². The van der Waals surface area contributed by atoms with E-state index < -0.39 is 0 Å². The van der Waals surface area contributed by atoms with Crippen molar-refractivity contribution in [3.63, 3.8) is 0 Å². The van der Waals surface area contributed by atoms with Crippen molar-refractivity contribution in [1.82, 2.24) is 5.32 Å². The van der Waals surface area contributed by atoms with Gasteiger partial charge in [-0.2, -0.15) is 0 Å². The zero-order chi connectivity index (χ0) is 10.0. The Labute approximate surface area is 85.8 Å². The monoisotopic (exact) mass is 199 g/mol. The van der Waals surface area contributed by atoms with E-state index in [0.717, 1.165) is 39.0 Å². The van der Waals surface area contributed by atoms with Crippen LogP contribution in [0.15, 0.2) is 0 Å². The Kier molecular flexibility index (Phi) is 3.10. The maximum Gasteiger partial charge on any atom is 0.0901 e. The Morgan fingerprint density at radius 1 is 1.43 bits per heavy atom. The lowest BCUT2D eigenvalue weighted by atomic mass is 9.87. The lowest BCUT2D eigenvalue weighted by molar-refractivity contribution is -0.0886. The van der Waals surface area contributed by atoms with Crippen molar-refractivity contribution in [3.8, 4) is 0 Å². The number of hydrogen-bond donors (Lipinski definition) is 2. The summed E-state index contributed by atoms with van der Waals surface area (Å²) in [6.07, 6.45) is 4.22. The van der Waals surface area contributed by atoms with Crippen LogP contribution in [0.3, 0.4) is 0 Å². The molecule has 14 heavy (non-hydrogen) atoms. The smallest absolute Gasteiger partial charge is 0.0901 e. The summed E-state index contributed by atoms with van der Waals surface area (Å²) >= 11 is 0. The van der Waals surface area contributed by atoms with E-state index in [1.807, 2.05) is 0 Å². The van der Waals surface area contributed by atoms with E-state index in [2.05, 4.69) is 12.2 Å². The van der Waals surface area contributed by atoms with Crippen molar-refractivity contribution in [2.45, 2.75) is 44.3 Å². The molecule has 2 rings (SSSR count). The molecule has 0 aromatic carbocycles. The van der Waals surface area contributed by atoms with Crippen LogP contribution in [0.25, 0.3) is 0 Å². The van der Waals surface area contributed by atoms with Crippen molar-refractivity contribution in [1.29, 1.82) is 0 Å². The number of ether oxygens (including phenoxy) is 1. The molecule has 82 valence electrons. The molecule has 2 aliphatic rings. The molecule has 0 spiro atoms. The van der Waals surface area contributed by atoms with Crippen LogP contribution in [0.5, 0.6) is 0 Å². The van der Waals surface area contributed by atoms with Crippen LogP contribution < -0.4 is 5.32 Å². The maximum atomic E-state index is 9.51. The highest BCUT2D eigenvalue weighted by Crippen LogP contribution is 2.26. The molecule has 3 nitrogen and oxygen atoms in total. The van der Waals surface area contributed by atoms with Gasteiger partial charge in [-0.25, -0.2) is 0 Å². The summed E-state index contributed by atoms with van der Waals surface area (Å²) in [5, 5.41) is 12.7. The lowest BCUT2D eigenvalue weighted by Gasteiger charge is -2.40. The predicted octanol–water partition coefficient (Wildman–Crippen LogP) is 0.916. The van der Waals surface area contributed by atoms with Crippen LogP contribution in [0, 0.1) is 5.92 Å². The van der Waals surface area contributed by atoms with Crippen molar-refractivity contribution in [2.24, 2.45) is 5.92 Å². The number of hydrogen-bond acceptors (Lipinski definition) is 3. The largest absolute Gasteiger partial charge is 0.393 e. The Bertz CT molecular complexity index is 192. The molecule has 3 heteroatoms. The van der Waals surface area contributed by atoms with E-state index in [-0.39, 0.29) is 11.7 Å². The molecular formula is C11H21NO2. The van der Waals surface area contributed by atoms with E-state index in [9.17, 15) is 5.11 Å². The van der Waals surface area contributed by atoms with Crippen molar-refractivity contribution < 1.29 is 9.84 Å². The SMILES string of the molecule is CC1(OCC2CCCC(O)C2)CNC1. The normalized spacial score (nSPS) is 36.4. The third-order valence-corrected chi connectivity index (χ3v) is 3.42. The van der Waals surface area contributed by atoms with Gasteiger partial charge in [0, 0.05) is 13.1 Å². The van der Waals surface area contributed by atoms with Gasteiger partial charge in [-0.3, -0.25) is 0 Å². The third kappa shape index (κ3) is 2.47. The molecular weight excluding hydrogens is 178 g/mol. The van der Waals surface area contributed by atoms with E-state index >= 15 is 0 Å². The Balaban J connectivity index is 1.69. The van der Waals surface area contributed by atoms with Gasteiger partial charge < -0.3 is 15.2 Å². The fourth-order valence-electron chi connectivity index (χ4n) is 2.31. The first-order valence-corrected chi connectivity index (χ1v) is 5.71. The minimum absolute atomic E-state index is 0.0718. The van der Waals surface area contributed by atoms with Gasteiger partial charge in [-0.15, -0.1) is 0 Å². The number of nitrogens with one attached hydrogen (secondary N) is 1. The molecule has 2 unspecified atom stereocenters. The average molecular weight is 199 g/mol. The molecule has 2 N–H and O–H groups in total. The second-order valence-electron chi connectivity index (χ2n) is 5.05. The molecule has 1 aliphatic carbocycles. The first kappa shape index (κ1) is 10.4. The zero-order valence-corrected chi connectivity index (χ0v) is 8.96. The van der Waals surface area contributed by atoms with Crippen LogP contribution in [0.2, 0.25) is 0 Å². The topological polar surface area (TPSA) is 41.5 Å². The van der Waals surface area contributed by atoms with Gasteiger partial charge in [0.15, 0.2) is 0 Å². The second kappa shape index (κ2) is 4.17. The predicted molar refractivity (Wildman–Crippen MR) is 55.2 cm³/mol. The summed E-state index contributed by atoms with van der Waals surface area (Å²) in [6, 6.07) is 0. The van der Waals surface area contributed by atoms with Crippen LogP contribution >= 0.6 is 0 Å². The van der Waals surface area contributed by atoms with Crippen LogP contribution in [-0.4, -0.2) is 36.5 Å². The molecule has 0 bridgehead atoms. The van der Waals surface area contributed by atoms with Gasteiger partial charge >= 0.3 is 0 Å². The number of aliphatic hydroxyl groups is 1.